The van der Waals surface area contributed by atoms with Gasteiger partial charge in [0.15, 0.2) is 5.78 Å². The topological polar surface area (TPSA) is 57.7 Å². The van der Waals surface area contributed by atoms with Gasteiger partial charge in [-0.3, -0.25) is 19.3 Å². The minimum absolute atomic E-state index is 0.0889. The smallest absolute Gasteiger partial charge is 0.239 e. The molecule has 2 fully saturated rings. The van der Waals surface area contributed by atoms with Crippen LogP contribution in [0.15, 0.2) is 60.7 Å². The van der Waals surface area contributed by atoms with Gasteiger partial charge < -0.3 is 0 Å². The zero-order valence-electron chi connectivity index (χ0n) is 16.5. The Balaban J connectivity index is 1.50. The van der Waals surface area contributed by atoms with Crippen LogP contribution in [0.25, 0.3) is 0 Å². The van der Waals surface area contributed by atoms with Crippen molar-refractivity contribution in [1.29, 1.82) is 0 Å². The molecule has 5 nitrogen and oxygen atoms in total. The summed E-state index contributed by atoms with van der Waals surface area (Å²) >= 11 is 2.28. The summed E-state index contributed by atoms with van der Waals surface area (Å²) < 4.78 is 1.11. The molecule has 0 aliphatic carbocycles. The maximum absolute atomic E-state index is 13.4. The number of nitrogens with zero attached hydrogens (tertiary/aromatic N) is 2. The molecular weight excluding hydrogens is 491 g/mol. The zero-order valence-corrected chi connectivity index (χ0v) is 18.7. The lowest BCUT2D eigenvalue weighted by atomic mass is 9.90. The molecule has 0 spiro atoms. The molecule has 5 rings (SSSR count). The van der Waals surface area contributed by atoms with Gasteiger partial charge in [-0.25, -0.2) is 4.90 Å². The lowest BCUT2D eigenvalue weighted by Crippen LogP contribution is -2.48. The molecule has 3 heterocycles. The molecule has 2 bridgehead atoms. The molecule has 0 aromatic heterocycles. The van der Waals surface area contributed by atoms with Crippen LogP contribution >= 0.6 is 22.6 Å². The fraction of sp³-hybridized carbons (Fsp3) is 0.292. The monoisotopic (exact) mass is 512 g/mol. The van der Waals surface area contributed by atoms with Crippen LogP contribution < -0.4 is 4.90 Å². The molecule has 4 atom stereocenters. The minimum Gasteiger partial charge on any atom is -0.293 e. The van der Waals surface area contributed by atoms with Crippen LogP contribution in [0, 0.1) is 15.4 Å². The van der Waals surface area contributed by atoms with Gasteiger partial charge in [-0.2, -0.15) is 0 Å². The van der Waals surface area contributed by atoms with E-state index < -0.39 is 17.9 Å². The number of rotatable bonds is 4. The number of amides is 2. The second-order valence-electron chi connectivity index (χ2n) is 8.04. The highest BCUT2D eigenvalue weighted by atomic mass is 127. The zero-order chi connectivity index (χ0) is 21.0. The fourth-order valence-corrected chi connectivity index (χ4v) is 5.58. The van der Waals surface area contributed by atoms with Gasteiger partial charge in [0.25, 0.3) is 0 Å². The molecule has 6 heteroatoms. The predicted molar refractivity (Wildman–Crippen MR) is 122 cm³/mol. The van der Waals surface area contributed by atoms with Gasteiger partial charge in [-0.05, 0) is 64.4 Å². The molecule has 3 aliphatic heterocycles. The number of aryl methyl sites for hydroxylation is 1. The van der Waals surface area contributed by atoms with Crippen LogP contribution in [-0.2, 0) is 27.3 Å². The van der Waals surface area contributed by atoms with E-state index in [-0.39, 0.29) is 23.6 Å². The number of halogens is 1. The number of hydrogen-bond donors (Lipinski definition) is 0. The molecule has 2 aromatic rings. The van der Waals surface area contributed by atoms with Crippen molar-refractivity contribution in [2.45, 2.75) is 32.0 Å². The number of anilines is 1. The van der Waals surface area contributed by atoms with Crippen molar-refractivity contribution < 1.29 is 14.4 Å². The Labute approximate surface area is 188 Å². The Morgan fingerprint density at radius 3 is 2.33 bits per heavy atom. The number of ketones is 1. The Bertz CT molecular complexity index is 1080. The van der Waals surface area contributed by atoms with Crippen LogP contribution in [0.3, 0.4) is 0 Å². The first kappa shape index (κ1) is 19.6. The van der Waals surface area contributed by atoms with Crippen LogP contribution in [0.2, 0.25) is 0 Å². The van der Waals surface area contributed by atoms with Crippen LogP contribution in [-0.4, -0.2) is 34.6 Å². The molecule has 2 amide bonds. The summed E-state index contributed by atoms with van der Waals surface area (Å²) in [5, 5.41) is 0. The third-order valence-electron chi connectivity index (χ3n) is 6.51. The SMILES string of the molecule is CCc1ccc(N2C(=O)C3C(C2=O)C2C(=O)C=CC3N2Cc2ccccc2I)cc1. The van der Waals surface area contributed by atoms with Crippen LogP contribution in [0.4, 0.5) is 5.69 Å². The van der Waals surface area contributed by atoms with Gasteiger partial charge in [-0.1, -0.05) is 43.3 Å². The quantitative estimate of drug-likeness (QED) is 0.466. The Morgan fingerprint density at radius 2 is 1.63 bits per heavy atom. The Hall–Kier alpha value is -2.32. The fourth-order valence-electron chi connectivity index (χ4n) is 5.03. The summed E-state index contributed by atoms with van der Waals surface area (Å²) in [4.78, 5) is 43.0. The molecule has 2 aromatic carbocycles. The molecule has 152 valence electrons. The van der Waals surface area contributed by atoms with E-state index >= 15 is 0 Å². The van der Waals surface area contributed by atoms with E-state index in [1.165, 1.54) is 4.90 Å². The highest BCUT2D eigenvalue weighted by Gasteiger charge is 2.64. The second kappa shape index (κ2) is 7.42. The molecule has 0 N–H and O–H groups in total. The summed E-state index contributed by atoms with van der Waals surface area (Å²) in [6.45, 7) is 2.61. The van der Waals surface area contributed by atoms with Gasteiger partial charge in [0.05, 0.1) is 23.6 Å². The molecule has 4 unspecified atom stereocenters. The highest BCUT2D eigenvalue weighted by Crippen LogP contribution is 2.47. The van der Waals surface area contributed by atoms with E-state index in [0.29, 0.717) is 12.2 Å². The first-order valence-electron chi connectivity index (χ1n) is 10.2. The third kappa shape index (κ3) is 2.88. The van der Waals surface area contributed by atoms with Crippen molar-refractivity contribution in [1.82, 2.24) is 4.90 Å². The lowest BCUT2D eigenvalue weighted by molar-refractivity contribution is -0.129. The number of carbonyl (C=O) groups excluding carboxylic acids is 3. The maximum Gasteiger partial charge on any atom is 0.239 e. The highest BCUT2D eigenvalue weighted by molar-refractivity contribution is 14.1. The summed E-state index contributed by atoms with van der Waals surface area (Å²) in [6, 6.07) is 14.7. The normalized spacial score (nSPS) is 27.8. The van der Waals surface area contributed by atoms with E-state index in [1.54, 1.807) is 6.08 Å². The average Bonchev–Trinajstić information content (AvgIpc) is 3.14. The van der Waals surface area contributed by atoms with E-state index in [4.69, 9.17) is 0 Å². The summed E-state index contributed by atoms with van der Waals surface area (Å²) in [5.74, 6) is -1.69. The predicted octanol–water partition coefficient (Wildman–Crippen LogP) is 3.35. The lowest BCUT2D eigenvalue weighted by Gasteiger charge is -2.33. The average molecular weight is 512 g/mol. The number of carbonyl (C=O) groups is 3. The standard InChI is InChI=1S/C24H21IN2O3/c1-2-14-7-9-16(10-8-14)27-23(29)20-18-11-12-19(28)22(21(20)24(27)30)26(18)13-15-5-3-4-6-17(15)25/h3-12,18,20-22H,2,13H2,1H3. The van der Waals surface area contributed by atoms with Crippen molar-refractivity contribution in [3.8, 4) is 0 Å². The number of imide groups is 1. The van der Waals surface area contributed by atoms with E-state index in [0.717, 1.165) is 21.1 Å². The Kier molecular flexibility index (Phi) is 4.86. The van der Waals surface area contributed by atoms with Gasteiger partial charge in [-0.15, -0.1) is 0 Å². The minimum atomic E-state index is -0.628. The van der Waals surface area contributed by atoms with Crippen molar-refractivity contribution in [2.24, 2.45) is 11.8 Å². The summed E-state index contributed by atoms with van der Waals surface area (Å²) in [7, 11) is 0. The molecular formula is C24H21IN2O3. The third-order valence-corrected chi connectivity index (χ3v) is 7.56. The van der Waals surface area contributed by atoms with Gasteiger partial charge in [0, 0.05) is 16.2 Å². The van der Waals surface area contributed by atoms with E-state index in [9.17, 15) is 14.4 Å². The molecule has 0 saturated carbocycles. The largest absolute Gasteiger partial charge is 0.293 e. The van der Waals surface area contributed by atoms with Crippen molar-refractivity contribution in [3.05, 3.63) is 75.4 Å². The summed E-state index contributed by atoms with van der Waals surface area (Å²) in [6.07, 6.45) is 4.26. The van der Waals surface area contributed by atoms with Gasteiger partial charge in [0.2, 0.25) is 11.8 Å². The maximum atomic E-state index is 13.4. The van der Waals surface area contributed by atoms with E-state index in [2.05, 4.69) is 29.5 Å². The molecule has 3 aliphatic rings. The first-order chi connectivity index (χ1) is 14.5. The second-order valence-corrected chi connectivity index (χ2v) is 9.21. The number of hydrogen-bond acceptors (Lipinski definition) is 4. The number of fused-ring (bicyclic) bond motifs is 5. The van der Waals surface area contributed by atoms with Crippen molar-refractivity contribution >= 4 is 45.9 Å². The van der Waals surface area contributed by atoms with Crippen LogP contribution in [0.5, 0.6) is 0 Å². The Morgan fingerprint density at radius 1 is 0.933 bits per heavy atom. The van der Waals surface area contributed by atoms with Gasteiger partial charge in [0.1, 0.15) is 0 Å². The summed E-state index contributed by atoms with van der Waals surface area (Å²) in [5.41, 5.74) is 2.84. The van der Waals surface area contributed by atoms with Crippen molar-refractivity contribution in [3.63, 3.8) is 0 Å². The van der Waals surface area contributed by atoms with Crippen molar-refractivity contribution in [2.75, 3.05) is 4.90 Å². The van der Waals surface area contributed by atoms with E-state index in [1.807, 2.05) is 59.5 Å². The van der Waals surface area contributed by atoms with Crippen LogP contribution in [0.1, 0.15) is 18.1 Å². The first-order valence-corrected chi connectivity index (χ1v) is 11.3. The number of benzene rings is 2. The molecule has 30 heavy (non-hydrogen) atoms. The van der Waals surface area contributed by atoms with Gasteiger partial charge >= 0.3 is 0 Å². The molecule has 2 saturated heterocycles. The molecule has 0 radical (unpaired) electrons.